The lowest BCUT2D eigenvalue weighted by molar-refractivity contribution is 0.0510. The minimum Gasteiger partial charge on any atom is -0.444 e. The molecule has 0 aromatic carbocycles. The molecule has 22 heavy (non-hydrogen) atoms. The van der Waals surface area contributed by atoms with Crippen LogP contribution in [-0.4, -0.2) is 44.0 Å². The van der Waals surface area contributed by atoms with Gasteiger partial charge in [0, 0.05) is 25.8 Å². The van der Waals surface area contributed by atoms with E-state index in [0.29, 0.717) is 18.5 Å². The van der Waals surface area contributed by atoms with Gasteiger partial charge in [0.15, 0.2) is 0 Å². The van der Waals surface area contributed by atoms with Crippen LogP contribution >= 0.6 is 0 Å². The Morgan fingerprint density at radius 1 is 1.23 bits per heavy atom. The Morgan fingerprint density at radius 3 is 2.64 bits per heavy atom. The summed E-state index contributed by atoms with van der Waals surface area (Å²) in [5.74, 6) is 0.494. The van der Waals surface area contributed by atoms with Gasteiger partial charge in [0.25, 0.3) is 0 Å². The van der Waals surface area contributed by atoms with E-state index in [1.807, 2.05) is 27.7 Å². The average molecular weight is 314 g/mol. The second-order valence-electron chi connectivity index (χ2n) is 7.04. The van der Waals surface area contributed by atoms with Crippen LogP contribution in [0.25, 0.3) is 0 Å². The van der Waals surface area contributed by atoms with Gasteiger partial charge in [-0.05, 0) is 59.4 Å². The minimum absolute atomic E-state index is 0.312. The van der Waals surface area contributed by atoms with E-state index in [2.05, 4.69) is 10.6 Å². The van der Waals surface area contributed by atoms with Crippen molar-refractivity contribution >= 4 is 6.09 Å². The van der Waals surface area contributed by atoms with E-state index < -0.39 is 5.60 Å². The number of hydrogen-bond acceptors (Lipinski definition) is 4. The maximum Gasteiger partial charge on any atom is 0.407 e. The molecule has 1 fully saturated rings. The van der Waals surface area contributed by atoms with E-state index in [0.717, 1.165) is 26.2 Å². The van der Waals surface area contributed by atoms with E-state index in [4.69, 9.17) is 9.47 Å². The number of amides is 1. The molecule has 5 heteroatoms. The van der Waals surface area contributed by atoms with Crippen LogP contribution < -0.4 is 10.6 Å². The number of rotatable bonds is 8. The van der Waals surface area contributed by atoms with Gasteiger partial charge < -0.3 is 20.1 Å². The van der Waals surface area contributed by atoms with Gasteiger partial charge >= 0.3 is 6.09 Å². The first-order valence-corrected chi connectivity index (χ1v) is 8.70. The summed E-state index contributed by atoms with van der Waals surface area (Å²) in [5.41, 5.74) is -0.437. The predicted molar refractivity (Wildman–Crippen MR) is 89.1 cm³/mol. The van der Waals surface area contributed by atoms with Crippen LogP contribution in [0.3, 0.4) is 0 Å². The third-order valence-corrected chi connectivity index (χ3v) is 3.89. The largest absolute Gasteiger partial charge is 0.444 e. The zero-order valence-electron chi connectivity index (χ0n) is 14.7. The lowest BCUT2D eigenvalue weighted by Gasteiger charge is -2.32. The lowest BCUT2D eigenvalue weighted by Crippen LogP contribution is -2.45. The number of hydrogen-bond donors (Lipinski definition) is 2. The highest BCUT2D eigenvalue weighted by molar-refractivity contribution is 5.67. The Morgan fingerprint density at radius 2 is 1.95 bits per heavy atom. The van der Waals surface area contributed by atoms with Crippen LogP contribution in [0.5, 0.6) is 0 Å². The molecule has 2 N–H and O–H groups in total. The van der Waals surface area contributed by atoms with Crippen molar-refractivity contribution in [2.75, 3.05) is 26.3 Å². The molecular formula is C17H34N2O3. The SMILES string of the molecule is CCOCCCNC1CCCCC1CNC(=O)OC(C)(C)C. The van der Waals surface area contributed by atoms with Gasteiger partial charge in [-0.25, -0.2) is 4.79 Å². The number of ether oxygens (including phenoxy) is 2. The lowest BCUT2D eigenvalue weighted by atomic mass is 9.84. The zero-order valence-corrected chi connectivity index (χ0v) is 14.7. The van der Waals surface area contributed by atoms with Crippen molar-refractivity contribution < 1.29 is 14.3 Å². The number of alkyl carbamates (subject to hydrolysis) is 1. The van der Waals surface area contributed by atoms with Gasteiger partial charge in [0.2, 0.25) is 0 Å². The molecule has 0 spiro atoms. The highest BCUT2D eigenvalue weighted by Gasteiger charge is 2.25. The molecule has 1 amide bonds. The van der Waals surface area contributed by atoms with Crippen molar-refractivity contribution in [3.05, 3.63) is 0 Å². The predicted octanol–water partition coefficient (Wildman–Crippen LogP) is 3.09. The van der Waals surface area contributed by atoms with Crippen LogP contribution in [0.4, 0.5) is 4.79 Å². The quantitative estimate of drug-likeness (QED) is 0.676. The maximum atomic E-state index is 11.8. The van der Waals surface area contributed by atoms with Crippen LogP contribution in [0.15, 0.2) is 0 Å². The van der Waals surface area contributed by atoms with E-state index in [-0.39, 0.29) is 6.09 Å². The zero-order chi connectivity index (χ0) is 16.4. The summed E-state index contributed by atoms with van der Waals surface area (Å²) in [7, 11) is 0. The summed E-state index contributed by atoms with van der Waals surface area (Å²) < 4.78 is 10.7. The minimum atomic E-state index is -0.437. The molecule has 0 aromatic rings. The van der Waals surface area contributed by atoms with Crippen molar-refractivity contribution in [2.45, 2.75) is 71.4 Å². The molecule has 1 rings (SSSR count). The first-order valence-electron chi connectivity index (χ1n) is 8.70. The molecule has 5 nitrogen and oxygen atoms in total. The fourth-order valence-corrected chi connectivity index (χ4v) is 2.86. The molecular weight excluding hydrogens is 280 g/mol. The summed E-state index contributed by atoms with van der Waals surface area (Å²) in [4.78, 5) is 11.8. The van der Waals surface area contributed by atoms with Crippen LogP contribution in [0.2, 0.25) is 0 Å². The number of nitrogens with one attached hydrogen (secondary N) is 2. The molecule has 1 aliphatic carbocycles. The summed E-state index contributed by atoms with van der Waals surface area (Å²) in [6.45, 7) is 10.9. The van der Waals surface area contributed by atoms with Gasteiger partial charge in [-0.1, -0.05) is 12.8 Å². The normalized spacial score (nSPS) is 22.4. The fourth-order valence-electron chi connectivity index (χ4n) is 2.86. The second kappa shape index (κ2) is 10.1. The van der Waals surface area contributed by atoms with Crippen LogP contribution in [-0.2, 0) is 9.47 Å². The Balaban J connectivity index is 2.27. The van der Waals surface area contributed by atoms with E-state index in [9.17, 15) is 4.79 Å². The van der Waals surface area contributed by atoms with Gasteiger partial charge in [0.1, 0.15) is 5.60 Å². The van der Waals surface area contributed by atoms with E-state index in [1.54, 1.807) is 0 Å². The molecule has 0 radical (unpaired) electrons. The first-order chi connectivity index (χ1) is 10.4. The molecule has 1 aliphatic rings. The van der Waals surface area contributed by atoms with Crippen LogP contribution in [0.1, 0.15) is 59.8 Å². The molecule has 0 saturated heterocycles. The van der Waals surface area contributed by atoms with Crippen molar-refractivity contribution in [3.63, 3.8) is 0 Å². The maximum absolute atomic E-state index is 11.8. The summed E-state index contributed by atoms with van der Waals surface area (Å²) >= 11 is 0. The van der Waals surface area contributed by atoms with Crippen molar-refractivity contribution in [1.29, 1.82) is 0 Å². The van der Waals surface area contributed by atoms with Gasteiger partial charge in [-0.15, -0.1) is 0 Å². The number of carbonyl (C=O) groups is 1. The molecule has 0 heterocycles. The highest BCUT2D eigenvalue weighted by atomic mass is 16.6. The Kier molecular flexibility index (Phi) is 8.79. The molecule has 130 valence electrons. The van der Waals surface area contributed by atoms with Crippen molar-refractivity contribution in [1.82, 2.24) is 10.6 Å². The Hall–Kier alpha value is -0.810. The molecule has 1 saturated carbocycles. The van der Waals surface area contributed by atoms with E-state index in [1.165, 1.54) is 25.7 Å². The summed E-state index contributed by atoms with van der Waals surface area (Å²) in [6.07, 6.45) is 5.60. The molecule has 0 aromatic heterocycles. The molecule has 0 aliphatic heterocycles. The van der Waals surface area contributed by atoms with Crippen molar-refractivity contribution in [3.8, 4) is 0 Å². The van der Waals surface area contributed by atoms with Crippen LogP contribution in [0, 0.1) is 5.92 Å². The molecule has 2 atom stereocenters. The summed E-state index contributed by atoms with van der Waals surface area (Å²) in [5, 5.41) is 6.55. The monoisotopic (exact) mass is 314 g/mol. The Labute approximate surface area is 135 Å². The molecule has 2 unspecified atom stereocenters. The first kappa shape index (κ1) is 19.2. The smallest absolute Gasteiger partial charge is 0.407 e. The van der Waals surface area contributed by atoms with Gasteiger partial charge in [-0.3, -0.25) is 0 Å². The summed E-state index contributed by atoms with van der Waals surface area (Å²) in [6, 6.07) is 0.491. The Bertz CT molecular complexity index is 316. The standard InChI is InChI=1S/C17H34N2O3/c1-5-21-12-8-11-18-15-10-7-6-9-14(15)13-19-16(20)22-17(2,3)4/h14-15,18H,5-13H2,1-4H3,(H,19,20). The second-order valence-corrected chi connectivity index (χ2v) is 7.04. The third-order valence-electron chi connectivity index (χ3n) is 3.89. The molecule has 0 bridgehead atoms. The van der Waals surface area contributed by atoms with Crippen molar-refractivity contribution in [2.24, 2.45) is 5.92 Å². The fraction of sp³-hybridized carbons (Fsp3) is 0.941. The van der Waals surface area contributed by atoms with Gasteiger partial charge in [-0.2, -0.15) is 0 Å². The topological polar surface area (TPSA) is 59.6 Å². The third kappa shape index (κ3) is 8.59. The average Bonchev–Trinajstić information content (AvgIpc) is 2.44. The number of carbonyl (C=O) groups excluding carboxylic acids is 1. The highest BCUT2D eigenvalue weighted by Crippen LogP contribution is 2.24. The van der Waals surface area contributed by atoms with Gasteiger partial charge in [0.05, 0.1) is 0 Å². The van der Waals surface area contributed by atoms with E-state index >= 15 is 0 Å².